The van der Waals surface area contributed by atoms with Gasteiger partial charge in [0.2, 0.25) is 0 Å². The Labute approximate surface area is 165 Å². The number of amides is 2. The summed E-state index contributed by atoms with van der Waals surface area (Å²) in [7, 11) is 0. The second-order valence-electron chi connectivity index (χ2n) is 6.90. The molecule has 2 N–H and O–H groups in total. The van der Waals surface area contributed by atoms with Crippen molar-refractivity contribution in [1.29, 1.82) is 0 Å². The van der Waals surface area contributed by atoms with Crippen LogP contribution in [-0.4, -0.2) is 49.1 Å². The molecule has 0 saturated carbocycles. The zero-order valence-corrected chi connectivity index (χ0v) is 15.7. The Balaban J connectivity index is 1.49. The zero-order valence-electron chi connectivity index (χ0n) is 15.7. The lowest BCUT2D eigenvalue weighted by Gasteiger charge is -2.32. The molecule has 6 heteroatoms. The fourth-order valence-electron chi connectivity index (χ4n) is 3.23. The predicted molar refractivity (Wildman–Crippen MR) is 105 cm³/mol. The van der Waals surface area contributed by atoms with Crippen molar-refractivity contribution in [3.63, 3.8) is 0 Å². The van der Waals surface area contributed by atoms with E-state index in [4.69, 9.17) is 0 Å². The first-order valence-corrected chi connectivity index (χ1v) is 9.50. The molecular weight excluding hydrogens is 354 g/mol. The van der Waals surface area contributed by atoms with E-state index < -0.39 is 12.0 Å². The number of benzene rings is 2. The maximum atomic E-state index is 12.5. The first-order valence-electron chi connectivity index (χ1n) is 9.50. The lowest BCUT2D eigenvalue weighted by Crippen LogP contribution is -3.10. The molecule has 1 atom stereocenters. The molecule has 1 fully saturated rings. The summed E-state index contributed by atoms with van der Waals surface area (Å²) in [6.45, 7) is 2.72. The number of carbonyl (C=O) groups excluding carboxylic acids is 2. The number of hydrogen-bond acceptors (Lipinski definition) is 3. The number of carboxylic acids is 1. The molecule has 146 valence electrons. The SMILES string of the molecule is O=C([O-])[C@H](Cc1ccccc1)NC(=O)N1CC[NH+](/C=C/c2ccccc2)CC1. The van der Waals surface area contributed by atoms with Gasteiger partial charge in [-0.3, -0.25) is 0 Å². The third-order valence-corrected chi connectivity index (χ3v) is 4.87. The number of rotatable bonds is 6. The van der Waals surface area contributed by atoms with Crippen LogP contribution in [0, 0.1) is 0 Å². The van der Waals surface area contributed by atoms with Gasteiger partial charge in [0, 0.05) is 0 Å². The summed E-state index contributed by atoms with van der Waals surface area (Å²) in [5.41, 5.74) is 1.99. The van der Waals surface area contributed by atoms with Crippen molar-refractivity contribution in [1.82, 2.24) is 10.2 Å². The molecule has 28 heavy (non-hydrogen) atoms. The summed E-state index contributed by atoms with van der Waals surface area (Å²) in [6.07, 6.45) is 4.40. The minimum atomic E-state index is -1.27. The van der Waals surface area contributed by atoms with Gasteiger partial charge in [-0.05, 0) is 23.6 Å². The van der Waals surface area contributed by atoms with Gasteiger partial charge < -0.3 is 25.0 Å². The van der Waals surface area contributed by atoms with E-state index in [9.17, 15) is 14.7 Å². The molecule has 1 aliphatic rings. The molecule has 0 spiro atoms. The molecule has 1 aliphatic heterocycles. The third kappa shape index (κ3) is 5.69. The van der Waals surface area contributed by atoms with Gasteiger partial charge in [-0.1, -0.05) is 60.7 Å². The Bertz CT molecular complexity index is 800. The highest BCUT2D eigenvalue weighted by Crippen LogP contribution is 2.04. The van der Waals surface area contributed by atoms with Crippen LogP contribution in [-0.2, 0) is 11.2 Å². The summed E-state index contributed by atoms with van der Waals surface area (Å²) in [4.78, 5) is 26.9. The van der Waals surface area contributed by atoms with Gasteiger partial charge in [-0.2, -0.15) is 0 Å². The number of quaternary nitrogens is 1. The van der Waals surface area contributed by atoms with E-state index in [1.807, 2.05) is 60.7 Å². The number of aliphatic carboxylic acids is 1. The molecule has 1 saturated heterocycles. The minimum absolute atomic E-state index is 0.208. The zero-order chi connectivity index (χ0) is 19.8. The average Bonchev–Trinajstić information content (AvgIpc) is 2.73. The monoisotopic (exact) mass is 379 g/mol. The lowest BCUT2D eigenvalue weighted by atomic mass is 10.1. The summed E-state index contributed by atoms with van der Waals surface area (Å²) in [5.74, 6) is -1.27. The highest BCUT2D eigenvalue weighted by Gasteiger charge is 2.24. The smallest absolute Gasteiger partial charge is 0.318 e. The summed E-state index contributed by atoms with van der Waals surface area (Å²) < 4.78 is 0. The number of nitrogens with one attached hydrogen (secondary N) is 2. The van der Waals surface area contributed by atoms with E-state index in [2.05, 4.69) is 17.6 Å². The van der Waals surface area contributed by atoms with E-state index in [1.165, 1.54) is 4.90 Å². The molecule has 0 aromatic heterocycles. The van der Waals surface area contributed by atoms with Gasteiger partial charge in [0.05, 0.1) is 44.4 Å². The number of carbonyl (C=O) groups is 2. The minimum Gasteiger partial charge on any atom is -0.548 e. The predicted octanol–water partition coefficient (Wildman–Crippen LogP) is -0.0714. The highest BCUT2D eigenvalue weighted by molar-refractivity contribution is 5.82. The summed E-state index contributed by atoms with van der Waals surface area (Å²) >= 11 is 0. The van der Waals surface area contributed by atoms with Gasteiger partial charge >= 0.3 is 6.03 Å². The van der Waals surface area contributed by atoms with Gasteiger partial charge in [0.15, 0.2) is 0 Å². The van der Waals surface area contributed by atoms with Crippen LogP contribution < -0.4 is 15.3 Å². The Morgan fingerprint density at radius 1 is 1.04 bits per heavy atom. The fraction of sp³-hybridized carbons (Fsp3) is 0.273. The number of hydrogen-bond donors (Lipinski definition) is 2. The van der Waals surface area contributed by atoms with E-state index in [0.717, 1.165) is 24.2 Å². The molecule has 0 bridgehead atoms. The van der Waals surface area contributed by atoms with Gasteiger partial charge in [-0.25, -0.2) is 4.79 Å². The van der Waals surface area contributed by atoms with Crippen LogP contribution in [0.15, 0.2) is 66.9 Å². The number of nitrogens with zero attached hydrogens (tertiary/aromatic N) is 1. The third-order valence-electron chi connectivity index (χ3n) is 4.87. The van der Waals surface area contributed by atoms with Crippen LogP contribution >= 0.6 is 0 Å². The average molecular weight is 379 g/mol. The number of carboxylic acid groups (broad SMARTS) is 1. The molecule has 0 radical (unpaired) electrons. The Morgan fingerprint density at radius 2 is 1.64 bits per heavy atom. The molecule has 0 unspecified atom stereocenters. The summed E-state index contributed by atoms with van der Waals surface area (Å²) in [6, 6.07) is 17.9. The van der Waals surface area contributed by atoms with Crippen molar-refractivity contribution in [2.45, 2.75) is 12.5 Å². The van der Waals surface area contributed by atoms with E-state index in [0.29, 0.717) is 13.1 Å². The van der Waals surface area contributed by atoms with Crippen molar-refractivity contribution in [2.24, 2.45) is 0 Å². The highest BCUT2D eigenvalue weighted by atomic mass is 16.4. The standard InChI is InChI=1S/C22H25N3O3/c26-21(27)20(17-19-9-5-2-6-10-19)23-22(28)25-15-13-24(14-16-25)12-11-18-7-3-1-4-8-18/h1-12,20H,13-17H2,(H,23,28)(H,26,27)/b12-11+/t20-/m0/s1. The molecule has 2 amide bonds. The molecule has 2 aromatic rings. The normalized spacial score (nSPS) is 16.1. The van der Waals surface area contributed by atoms with E-state index >= 15 is 0 Å². The van der Waals surface area contributed by atoms with Crippen LogP contribution in [0.2, 0.25) is 0 Å². The first-order chi connectivity index (χ1) is 13.6. The van der Waals surface area contributed by atoms with Crippen molar-refractivity contribution in [3.8, 4) is 0 Å². The van der Waals surface area contributed by atoms with Crippen LogP contribution in [0.3, 0.4) is 0 Å². The van der Waals surface area contributed by atoms with Crippen molar-refractivity contribution in [2.75, 3.05) is 26.2 Å². The van der Waals surface area contributed by atoms with Crippen molar-refractivity contribution in [3.05, 3.63) is 78.0 Å². The molecule has 0 aliphatic carbocycles. The van der Waals surface area contributed by atoms with E-state index in [1.54, 1.807) is 4.90 Å². The fourth-order valence-corrected chi connectivity index (χ4v) is 3.23. The van der Waals surface area contributed by atoms with Crippen molar-refractivity contribution >= 4 is 18.1 Å². The van der Waals surface area contributed by atoms with Gasteiger partial charge in [0.1, 0.15) is 0 Å². The topological polar surface area (TPSA) is 76.9 Å². The first kappa shape index (κ1) is 19.6. The quantitative estimate of drug-likeness (QED) is 0.738. The maximum Gasteiger partial charge on any atom is 0.318 e. The van der Waals surface area contributed by atoms with Gasteiger partial charge in [0.25, 0.3) is 0 Å². The second kappa shape index (κ2) is 9.71. The van der Waals surface area contributed by atoms with Crippen LogP contribution in [0.4, 0.5) is 4.79 Å². The Kier molecular flexibility index (Phi) is 6.81. The molecule has 2 aromatic carbocycles. The van der Waals surface area contributed by atoms with Gasteiger partial charge in [-0.15, -0.1) is 0 Å². The lowest BCUT2D eigenvalue weighted by molar-refractivity contribution is -0.850. The molecule has 1 heterocycles. The number of urea groups is 1. The maximum absolute atomic E-state index is 12.5. The Hall–Kier alpha value is -3.12. The largest absolute Gasteiger partial charge is 0.548 e. The molecule has 6 nitrogen and oxygen atoms in total. The molecule has 3 rings (SSSR count). The Morgan fingerprint density at radius 3 is 2.25 bits per heavy atom. The van der Waals surface area contributed by atoms with Crippen molar-refractivity contribution < 1.29 is 19.6 Å². The van der Waals surface area contributed by atoms with Crippen LogP contribution in [0.1, 0.15) is 11.1 Å². The number of piperazine rings is 1. The second-order valence-corrected chi connectivity index (χ2v) is 6.90. The summed E-state index contributed by atoms with van der Waals surface area (Å²) in [5, 5.41) is 14.0. The van der Waals surface area contributed by atoms with E-state index in [-0.39, 0.29) is 12.5 Å². The van der Waals surface area contributed by atoms with Crippen LogP contribution in [0.25, 0.3) is 6.08 Å². The van der Waals surface area contributed by atoms with Crippen LogP contribution in [0.5, 0.6) is 0 Å². The molecular formula is C22H25N3O3.